The molecule has 0 atom stereocenters. The van der Waals surface area contributed by atoms with Gasteiger partial charge in [-0.05, 0) is 35.1 Å². The second-order valence-electron chi connectivity index (χ2n) is 4.35. The highest BCUT2D eigenvalue weighted by Crippen LogP contribution is 2.29. The van der Waals surface area contributed by atoms with Crippen LogP contribution >= 0.6 is 0 Å². The lowest BCUT2D eigenvalue weighted by atomic mass is 9.90. The molecule has 1 aromatic carbocycles. The molecule has 1 rings (SSSR count). The van der Waals surface area contributed by atoms with Crippen molar-refractivity contribution in [2.24, 2.45) is 4.99 Å². The van der Waals surface area contributed by atoms with Gasteiger partial charge in [0.25, 0.3) is 0 Å². The SMILES string of the molecule is CC(C)c1ccc(N=C=N)cc1C(C)C. The first-order valence-corrected chi connectivity index (χ1v) is 5.32. The lowest BCUT2D eigenvalue weighted by Gasteiger charge is -2.15. The summed E-state index contributed by atoms with van der Waals surface area (Å²) >= 11 is 0. The van der Waals surface area contributed by atoms with E-state index in [1.807, 2.05) is 6.07 Å². The number of benzene rings is 1. The molecule has 0 fully saturated rings. The van der Waals surface area contributed by atoms with Gasteiger partial charge in [-0.1, -0.05) is 33.8 Å². The molecule has 0 saturated heterocycles. The third-order valence-electron chi connectivity index (χ3n) is 2.50. The maximum Gasteiger partial charge on any atom is 0.0918 e. The van der Waals surface area contributed by atoms with Gasteiger partial charge in [-0.2, -0.15) is 4.99 Å². The third-order valence-corrected chi connectivity index (χ3v) is 2.50. The Morgan fingerprint density at radius 2 is 1.67 bits per heavy atom. The zero-order chi connectivity index (χ0) is 11.4. The van der Waals surface area contributed by atoms with Crippen LogP contribution in [0.1, 0.15) is 50.7 Å². The van der Waals surface area contributed by atoms with Crippen molar-refractivity contribution in [2.75, 3.05) is 0 Å². The average molecular weight is 202 g/mol. The lowest BCUT2D eigenvalue weighted by Crippen LogP contribution is -1.97. The van der Waals surface area contributed by atoms with E-state index in [0.29, 0.717) is 11.8 Å². The highest BCUT2D eigenvalue weighted by molar-refractivity contribution is 5.53. The van der Waals surface area contributed by atoms with Crippen LogP contribution in [0.2, 0.25) is 0 Å². The Hall–Kier alpha value is -1.40. The Labute approximate surface area is 91.6 Å². The summed E-state index contributed by atoms with van der Waals surface area (Å²) in [5.41, 5.74) is 3.51. The van der Waals surface area contributed by atoms with Gasteiger partial charge in [0.2, 0.25) is 0 Å². The van der Waals surface area contributed by atoms with Crippen LogP contribution in [0.4, 0.5) is 5.69 Å². The number of nitrogens with zero attached hydrogens (tertiary/aromatic N) is 1. The van der Waals surface area contributed by atoms with Crippen LogP contribution in [0.5, 0.6) is 0 Å². The normalized spacial score (nSPS) is 10.5. The van der Waals surface area contributed by atoms with Crippen molar-refractivity contribution in [1.82, 2.24) is 0 Å². The quantitative estimate of drug-likeness (QED) is 0.709. The fourth-order valence-electron chi connectivity index (χ4n) is 1.72. The first kappa shape index (κ1) is 11.7. The van der Waals surface area contributed by atoms with Crippen LogP contribution in [-0.2, 0) is 0 Å². The number of aliphatic imine (C=N–C) groups is 1. The Balaban J connectivity index is 3.26. The van der Waals surface area contributed by atoms with Crippen LogP contribution in [0, 0.1) is 5.41 Å². The molecular formula is C13H18N2. The Bertz CT molecular complexity index is 386. The molecule has 0 unspecified atom stereocenters. The zero-order valence-corrected chi connectivity index (χ0v) is 9.83. The van der Waals surface area contributed by atoms with Crippen molar-refractivity contribution >= 4 is 11.7 Å². The summed E-state index contributed by atoms with van der Waals surface area (Å²) < 4.78 is 0. The van der Waals surface area contributed by atoms with Crippen LogP contribution in [0.25, 0.3) is 0 Å². The van der Waals surface area contributed by atoms with Gasteiger partial charge in [0.15, 0.2) is 0 Å². The molecule has 80 valence electrons. The van der Waals surface area contributed by atoms with E-state index in [1.165, 1.54) is 11.1 Å². The van der Waals surface area contributed by atoms with Gasteiger partial charge >= 0.3 is 0 Å². The highest BCUT2D eigenvalue weighted by atomic mass is 14.7. The van der Waals surface area contributed by atoms with Crippen molar-refractivity contribution in [1.29, 1.82) is 5.41 Å². The number of nitrogens with one attached hydrogen (secondary N) is 1. The maximum atomic E-state index is 6.84. The van der Waals surface area contributed by atoms with Gasteiger partial charge in [-0.25, -0.2) is 5.41 Å². The van der Waals surface area contributed by atoms with Crippen LogP contribution in [0.15, 0.2) is 23.2 Å². The monoisotopic (exact) mass is 202 g/mol. The third kappa shape index (κ3) is 2.77. The summed E-state index contributed by atoms with van der Waals surface area (Å²) in [6.07, 6.45) is 0. The summed E-state index contributed by atoms with van der Waals surface area (Å²) in [6.45, 7) is 8.75. The van der Waals surface area contributed by atoms with Gasteiger partial charge < -0.3 is 0 Å². The average Bonchev–Trinajstić information content (AvgIpc) is 2.17. The van der Waals surface area contributed by atoms with Crippen molar-refractivity contribution in [3.8, 4) is 0 Å². The van der Waals surface area contributed by atoms with E-state index in [2.05, 4.69) is 50.8 Å². The molecule has 0 heterocycles. The molecular weight excluding hydrogens is 184 g/mol. The van der Waals surface area contributed by atoms with Crippen molar-refractivity contribution in [2.45, 2.75) is 39.5 Å². The Kier molecular flexibility index (Phi) is 3.81. The molecule has 0 spiro atoms. The minimum absolute atomic E-state index is 0.489. The van der Waals surface area contributed by atoms with Crippen molar-refractivity contribution in [3.05, 3.63) is 29.3 Å². The molecule has 0 saturated carbocycles. The fourth-order valence-corrected chi connectivity index (χ4v) is 1.72. The van der Waals surface area contributed by atoms with Gasteiger partial charge in [-0.3, -0.25) is 0 Å². The van der Waals surface area contributed by atoms with Gasteiger partial charge in [0, 0.05) is 0 Å². The van der Waals surface area contributed by atoms with Crippen molar-refractivity contribution < 1.29 is 0 Å². The van der Waals surface area contributed by atoms with Crippen LogP contribution in [-0.4, -0.2) is 6.01 Å². The van der Waals surface area contributed by atoms with E-state index in [-0.39, 0.29) is 0 Å². The predicted octanol–water partition coefficient (Wildman–Crippen LogP) is 4.32. The summed E-state index contributed by atoms with van der Waals surface area (Å²) in [5, 5.41) is 6.84. The Morgan fingerprint density at radius 3 is 2.13 bits per heavy atom. The smallest absolute Gasteiger partial charge is 0.0918 e. The highest BCUT2D eigenvalue weighted by Gasteiger charge is 2.10. The molecule has 0 aliphatic carbocycles. The topological polar surface area (TPSA) is 36.2 Å². The minimum atomic E-state index is 0.489. The van der Waals surface area contributed by atoms with E-state index in [4.69, 9.17) is 5.41 Å². The van der Waals surface area contributed by atoms with Crippen LogP contribution < -0.4 is 0 Å². The van der Waals surface area contributed by atoms with E-state index >= 15 is 0 Å². The zero-order valence-electron chi connectivity index (χ0n) is 9.83. The molecule has 0 radical (unpaired) electrons. The van der Waals surface area contributed by atoms with E-state index in [1.54, 1.807) is 0 Å². The second-order valence-corrected chi connectivity index (χ2v) is 4.35. The van der Waals surface area contributed by atoms with Gasteiger partial charge in [0.1, 0.15) is 0 Å². The number of hydrogen-bond acceptors (Lipinski definition) is 2. The van der Waals surface area contributed by atoms with Gasteiger partial charge in [-0.15, -0.1) is 0 Å². The predicted molar refractivity (Wildman–Crippen MR) is 64.4 cm³/mol. The largest absolute Gasteiger partial charge is 0.241 e. The maximum absolute atomic E-state index is 6.84. The molecule has 0 aliphatic rings. The molecule has 2 nitrogen and oxygen atoms in total. The number of hydrogen-bond donors (Lipinski definition) is 1. The van der Waals surface area contributed by atoms with E-state index in [0.717, 1.165) is 5.69 Å². The van der Waals surface area contributed by atoms with Crippen molar-refractivity contribution in [3.63, 3.8) is 0 Å². The van der Waals surface area contributed by atoms with E-state index < -0.39 is 0 Å². The fraction of sp³-hybridized carbons (Fsp3) is 0.462. The standard InChI is InChI=1S/C13H18N2/c1-9(2)12-6-5-11(15-8-14)7-13(12)10(3)4/h5-7,9-10,14H,1-4H3. The molecule has 2 heteroatoms. The summed E-state index contributed by atoms with van der Waals surface area (Å²) in [6, 6.07) is 8.19. The Morgan fingerprint density at radius 1 is 1.07 bits per heavy atom. The summed E-state index contributed by atoms with van der Waals surface area (Å²) in [7, 11) is 0. The lowest BCUT2D eigenvalue weighted by molar-refractivity contribution is 0.790. The minimum Gasteiger partial charge on any atom is -0.241 e. The molecule has 0 aliphatic heterocycles. The number of rotatable bonds is 3. The molecule has 15 heavy (non-hydrogen) atoms. The first-order valence-electron chi connectivity index (χ1n) is 5.32. The van der Waals surface area contributed by atoms with Gasteiger partial charge in [0.05, 0.1) is 11.7 Å². The molecule has 0 amide bonds. The second kappa shape index (κ2) is 4.90. The first-order chi connectivity index (χ1) is 7.06. The van der Waals surface area contributed by atoms with E-state index in [9.17, 15) is 0 Å². The van der Waals surface area contributed by atoms with Crippen LogP contribution in [0.3, 0.4) is 0 Å². The summed E-state index contributed by atoms with van der Waals surface area (Å²) in [4.78, 5) is 3.87. The molecule has 0 bridgehead atoms. The molecule has 0 aromatic heterocycles. The molecule has 1 N–H and O–H groups in total. The molecule has 1 aromatic rings. The summed E-state index contributed by atoms with van der Waals surface area (Å²) in [5.74, 6) is 1.02.